The minimum absolute atomic E-state index is 0.0318. The summed E-state index contributed by atoms with van der Waals surface area (Å²) in [5.74, 6) is -2.72. The fourth-order valence-corrected chi connectivity index (χ4v) is 4.08. The Kier molecular flexibility index (Phi) is 16.7. The van der Waals surface area contributed by atoms with E-state index < -0.39 is 23.2 Å². The van der Waals surface area contributed by atoms with Crippen LogP contribution in [0, 0.1) is 11.2 Å². The van der Waals surface area contributed by atoms with Crippen LogP contribution in [0.4, 0.5) is 4.39 Å². The van der Waals surface area contributed by atoms with Gasteiger partial charge in [-0.05, 0) is 32.4 Å². The fourth-order valence-electron chi connectivity index (χ4n) is 3.88. The van der Waals surface area contributed by atoms with Crippen molar-refractivity contribution >= 4 is 23.5 Å². The van der Waals surface area contributed by atoms with E-state index in [1.165, 1.54) is 109 Å². The van der Waals surface area contributed by atoms with Crippen LogP contribution < -0.4 is 4.74 Å². The maximum atomic E-state index is 13.8. The van der Waals surface area contributed by atoms with Gasteiger partial charge in [-0.1, -0.05) is 121 Å². The van der Waals surface area contributed by atoms with Gasteiger partial charge < -0.3 is 9.47 Å². The molecule has 0 aliphatic heterocycles. The van der Waals surface area contributed by atoms with E-state index in [1.54, 1.807) is 0 Å². The van der Waals surface area contributed by atoms with Crippen molar-refractivity contribution in [3.63, 3.8) is 0 Å². The summed E-state index contributed by atoms with van der Waals surface area (Å²) in [5, 5.41) is -0.0318. The number of rotatable bonds is 20. The summed E-state index contributed by atoms with van der Waals surface area (Å²) in [6.45, 7) is 5.32. The summed E-state index contributed by atoms with van der Waals surface area (Å²) >= 11 is 5.89. The van der Waals surface area contributed by atoms with Gasteiger partial charge in [-0.25, -0.2) is 4.39 Å². The molecule has 1 aromatic rings. The SMILES string of the molecule is CCCCCCCCCCCCCCCCCCOC(=O)C(C)(C)C(=O)Oc1c(F)cccc1Cl. The Bertz CT molecular complexity index is 715. The van der Waals surface area contributed by atoms with Gasteiger partial charge >= 0.3 is 11.9 Å². The van der Waals surface area contributed by atoms with Crippen LogP contribution in [0.2, 0.25) is 5.02 Å². The van der Waals surface area contributed by atoms with Crippen LogP contribution in [0.5, 0.6) is 5.75 Å². The number of esters is 2. The lowest BCUT2D eigenvalue weighted by molar-refractivity contribution is -0.164. The molecule has 0 atom stereocenters. The molecule has 0 saturated carbocycles. The van der Waals surface area contributed by atoms with Gasteiger partial charge in [0.25, 0.3) is 0 Å². The lowest BCUT2D eigenvalue weighted by atomic mass is 9.94. The third-order valence-electron chi connectivity index (χ3n) is 6.37. The van der Waals surface area contributed by atoms with Crippen LogP contribution in [-0.4, -0.2) is 18.5 Å². The number of unbranched alkanes of at least 4 members (excludes halogenated alkanes) is 15. The first-order valence-corrected chi connectivity index (χ1v) is 14.0. The highest BCUT2D eigenvalue weighted by Crippen LogP contribution is 2.30. The monoisotopic (exact) mass is 512 g/mol. The zero-order valence-electron chi connectivity index (χ0n) is 22.1. The van der Waals surface area contributed by atoms with E-state index >= 15 is 0 Å². The summed E-state index contributed by atoms with van der Waals surface area (Å²) in [6.07, 6.45) is 20.4. The number of benzene rings is 1. The highest BCUT2D eigenvalue weighted by molar-refractivity contribution is 6.32. The van der Waals surface area contributed by atoms with E-state index in [1.807, 2.05) is 0 Å². The van der Waals surface area contributed by atoms with E-state index in [2.05, 4.69) is 6.92 Å². The molecule has 200 valence electrons. The zero-order valence-corrected chi connectivity index (χ0v) is 22.9. The number of carbonyl (C=O) groups is 2. The third kappa shape index (κ3) is 13.3. The maximum absolute atomic E-state index is 13.8. The quantitative estimate of drug-likeness (QED) is 0.0755. The first kappa shape index (κ1) is 31.4. The molecule has 6 heteroatoms. The first-order valence-electron chi connectivity index (χ1n) is 13.6. The molecular weight excluding hydrogens is 467 g/mol. The molecule has 0 saturated heterocycles. The highest BCUT2D eigenvalue weighted by Gasteiger charge is 2.40. The predicted molar refractivity (Wildman–Crippen MR) is 141 cm³/mol. The van der Waals surface area contributed by atoms with Crippen LogP contribution in [0.3, 0.4) is 0 Å². The van der Waals surface area contributed by atoms with E-state index in [9.17, 15) is 14.0 Å². The fraction of sp³-hybridized carbons (Fsp3) is 0.724. The molecule has 0 spiro atoms. The molecule has 0 heterocycles. The lowest BCUT2D eigenvalue weighted by Gasteiger charge is -2.21. The number of hydrogen-bond acceptors (Lipinski definition) is 4. The summed E-state index contributed by atoms with van der Waals surface area (Å²) in [4.78, 5) is 24.8. The standard InChI is InChI=1S/C29H46ClFO4/c1-4-5-6-7-8-9-10-11-12-13-14-15-16-17-18-19-23-34-27(32)29(2,3)28(33)35-26-24(30)21-20-22-25(26)31/h20-22H,4-19,23H2,1-3H3. The van der Waals surface area contributed by atoms with E-state index in [4.69, 9.17) is 21.1 Å². The highest BCUT2D eigenvalue weighted by atomic mass is 35.5. The second-order valence-corrected chi connectivity index (χ2v) is 10.4. The van der Waals surface area contributed by atoms with Crippen molar-refractivity contribution in [2.75, 3.05) is 6.61 Å². The van der Waals surface area contributed by atoms with Crippen molar-refractivity contribution < 1.29 is 23.5 Å². The summed E-state index contributed by atoms with van der Waals surface area (Å²) in [5.41, 5.74) is -1.55. The molecule has 0 aliphatic rings. The largest absolute Gasteiger partial charge is 0.465 e. The predicted octanol–water partition coefficient (Wildman–Crippen LogP) is 9.22. The molecule has 0 radical (unpaired) electrons. The Morgan fingerprint density at radius 3 is 1.69 bits per heavy atom. The van der Waals surface area contributed by atoms with Crippen molar-refractivity contribution in [3.8, 4) is 5.75 Å². The number of hydrogen-bond donors (Lipinski definition) is 0. The van der Waals surface area contributed by atoms with Crippen LogP contribution >= 0.6 is 11.6 Å². The smallest absolute Gasteiger partial charge is 0.328 e. The van der Waals surface area contributed by atoms with Gasteiger partial charge in [-0.15, -0.1) is 0 Å². The Hall–Kier alpha value is -1.62. The van der Waals surface area contributed by atoms with Crippen LogP contribution in [0.25, 0.3) is 0 Å². The van der Waals surface area contributed by atoms with Gasteiger partial charge in [0.1, 0.15) is 0 Å². The van der Waals surface area contributed by atoms with Gasteiger partial charge in [0, 0.05) is 0 Å². The minimum atomic E-state index is -1.55. The lowest BCUT2D eigenvalue weighted by Crippen LogP contribution is -2.38. The molecule has 1 aromatic carbocycles. The summed E-state index contributed by atoms with van der Waals surface area (Å²) < 4.78 is 24.2. The van der Waals surface area contributed by atoms with E-state index in [0.29, 0.717) is 0 Å². The summed E-state index contributed by atoms with van der Waals surface area (Å²) in [6, 6.07) is 3.96. The topological polar surface area (TPSA) is 52.6 Å². The third-order valence-corrected chi connectivity index (χ3v) is 6.66. The van der Waals surface area contributed by atoms with Crippen molar-refractivity contribution in [2.24, 2.45) is 5.41 Å². The second kappa shape index (κ2) is 18.6. The molecule has 0 amide bonds. The molecule has 4 nitrogen and oxygen atoms in total. The number of ether oxygens (including phenoxy) is 2. The molecular formula is C29H46ClFO4. The van der Waals surface area contributed by atoms with Crippen molar-refractivity contribution in [2.45, 2.75) is 124 Å². The molecule has 1 rings (SSSR count). The molecule has 0 unspecified atom stereocenters. The Morgan fingerprint density at radius 2 is 1.23 bits per heavy atom. The van der Waals surface area contributed by atoms with Gasteiger partial charge in [0.15, 0.2) is 17.0 Å². The van der Waals surface area contributed by atoms with E-state index in [0.717, 1.165) is 25.3 Å². The van der Waals surface area contributed by atoms with Crippen molar-refractivity contribution in [1.82, 2.24) is 0 Å². The average Bonchev–Trinajstić information content (AvgIpc) is 2.83. The molecule has 35 heavy (non-hydrogen) atoms. The Labute approximate surface area is 217 Å². The van der Waals surface area contributed by atoms with E-state index in [-0.39, 0.29) is 17.4 Å². The molecule has 0 bridgehead atoms. The second-order valence-electron chi connectivity index (χ2n) is 10.0. The van der Waals surface area contributed by atoms with Crippen LogP contribution in [0.15, 0.2) is 18.2 Å². The normalized spacial score (nSPS) is 11.5. The van der Waals surface area contributed by atoms with Crippen molar-refractivity contribution in [3.05, 3.63) is 29.0 Å². The van der Waals surface area contributed by atoms with Gasteiger partial charge in [0.05, 0.1) is 11.6 Å². The first-order chi connectivity index (χ1) is 16.8. The minimum Gasteiger partial charge on any atom is -0.465 e. The number of halogens is 2. The summed E-state index contributed by atoms with van der Waals surface area (Å²) in [7, 11) is 0. The van der Waals surface area contributed by atoms with Gasteiger partial charge in [-0.2, -0.15) is 0 Å². The molecule has 0 aromatic heterocycles. The zero-order chi connectivity index (χ0) is 25.9. The van der Waals surface area contributed by atoms with Gasteiger partial charge in [0.2, 0.25) is 0 Å². The van der Waals surface area contributed by atoms with Gasteiger partial charge in [-0.3, -0.25) is 9.59 Å². The average molecular weight is 513 g/mol. The Balaban J connectivity index is 2.04. The number of para-hydroxylation sites is 1. The molecule has 0 fully saturated rings. The molecule has 0 aliphatic carbocycles. The molecule has 0 N–H and O–H groups in total. The van der Waals surface area contributed by atoms with Crippen molar-refractivity contribution in [1.29, 1.82) is 0 Å². The maximum Gasteiger partial charge on any atom is 0.328 e. The van der Waals surface area contributed by atoms with Crippen LogP contribution in [-0.2, 0) is 14.3 Å². The van der Waals surface area contributed by atoms with Crippen LogP contribution in [0.1, 0.15) is 124 Å². The number of carbonyl (C=O) groups excluding carboxylic acids is 2. The Morgan fingerprint density at radius 1 is 0.771 bits per heavy atom.